The van der Waals surface area contributed by atoms with Crippen molar-refractivity contribution in [2.24, 2.45) is 0 Å². The molecule has 92 valence electrons. The number of hydrogen-bond acceptors (Lipinski definition) is 4. The fourth-order valence-electron chi connectivity index (χ4n) is 1.41. The minimum Gasteiger partial charge on any atom is -0.387 e. The molecule has 0 aromatic heterocycles. The van der Waals surface area contributed by atoms with Gasteiger partial charge in [-0.2, -0.15) is 8.42 Å². The number of hydrogen-bond donors (Lipinski definition) is 2. The van der Waals surface area contributed by atoms with E-state index >= 15 is 0 Å². The molecule has 0 bridgehead atoms. The Morgan fingerprint density at radius 2 is 1.82 bits per heavy atom. The quantitative estimate of drug-likeness (QED) is 0.826. The summed E-state index contributed by atoms with van der Waals surface area (Å²) < 4.78 is 29.3. The van der Waals surface area contributed by atoms with Gasteiger partial charge in [0.15, 0.2) is 0 Å². The maximum Gasteiger partial charge on any atom is 0.308 e. The summed E-state index contributed by atoms with van der Waals surface area (Å²) in [4.78, 5) is 0.165. The molecule has 0 fully saturated rings. The summed E-state index contributed by atoms with van der Waals surface area (Å²) in [5.74, 6) is 0. The lowest BCUT2D eigenvalue weighted by Gasteiger charge is -2.13. The number of nitrogens with one attached hydrogen (secondary N) is 1. The van der Waals surface area contributed by atoms with E-state index in [1.165, 1.54) is 6.07 Å². The van der Waals surface area contributed by atoms with Crippen LogP contribution in [0.5, 0.6) is 0 Å². The number of thiol groups is 1. The predicted octanol–water partition coefficient (Wildman–Crippen LogP) is 2.39. The fraction of sp³-hybridized carbons (Fsp3) is 0.0909. The summed E-state index contributed by atoms with van der Waals surface area (Å²) in [7, 11) is -2.05. The van der Waals surface area contributed by atoms with Gasteiger partial charge >= 0.3 is 10.1 Å². The molecule has 0 radical (unpaired) electrons. The first-order chi connectivity index (χ1) is 8.13. The van der Waals surface area contributed by atoms with Gasteiger partial charge in [-0.15, -0.1) is 0 Å². The summed E-state index contributed by atoms with van der Waals surface area (Å²) in [5.41, 5.74) is 0.537. The monoisotopic (exact) mass is 271 g/mol. The molecule has 1 heterocycles. The first-order valence-electron chi connectivity index (χ1n) is 4.98. The van der Waals surface area contributed by atoms with Crippen LogP contribution in [0.4, 0.5) is 5.69 Å². The van der Waals surface area contributed by atoms with Gasteiger partial charge in [-0.1, -0.05) is 35.5 Å². The summed E-state index contributed by atoms with van der Waals surface area (Å²) in [6.45, 7) is 0. The Bertz CT molecular complexity index is 552. The van der Waals surface area contributed by atoms with Gasteiger partial charge < -0.3 is 5.32 Å². The average molecular weight is 271 g/mol. The highest BCUT2D eigenvalue weighted by Crippen LogP contribution is 2.38. The number of allylic oxidation sites excluding steroid dienone is 2. The van der Waals surface area contributed by atoms with Crippen LogP contribution in [0.3, 0.4) is 0 Å². The molecule has 0 atom stereocenters. The molecule has 2 rings (SSSR count). The van der Waals surface area contributed by atoms with Crippen LogP contribution in [0.25, 0.3) is 0 Å². The third-order valence-corrected chi connectivity index (χ3v) is 5.49. The predicted molar refractivity (Wildman–Crippen MR) is 71.5 cm³/mol. The van der Waals surface area contributed by atoms with E-state index in [2.05, 4.69) is 5.32 Å². The van der Waals surface area contributed by atoms with Gasteiger partial charge in [-0.3, -0.25) is 0 Å². The standard InChI is InChI=1S/C11H13NO3S2/c1-12-10-6-2-3-7-11(10)17(13,14)15-16-8-4-5-9-16/h2-9,12,16H,1H3. The van der Waals surface area contributed by atoms with E-state index in [-0.39, 0.29) is 4.90 Å². The Morgan fingerprint density at radius 1 is 1.18 bits per heavy atom. The lowest BCUT2D eigenvalue weighted by Crippen LogP contribution is -2.06. The largest absolute Gasteiger partial charge is 0.387 e. The molecule has 0 saturated heterocycles. The number of anilines is 1. The minimum atomic E-state index is -3.72. The molecule has 1 aliphatic heterocycles. The molecular formula is C11H13NO3S2. The highest BCUT2D eigenvalue weighted by molar-refractivity contribution is 8.22. The third kappa shape index (κ3) is 2.71. The molecule has 1 aromatic rings. The third-order valence-electron chi connectivity index (χ3n) is 2.19. The number of benzene rings is 1. The van der Waals surface area contributed by atoms with E-state index in [4.69, 9.17) is 3.63 Å². The second-order valence-corrected chi connectivity index (χ2v) is 6.58. The van der Waals surface area contributed by atoms with E-state index in [0.29, 0.717) is 5.69 Å². The van der Waals surface area contributed by atoms with Crippen LogP contribution < -0.4 is 5.32 Å². The molecule has 0 unspecified atom stereocenters. The lowest BCUT2D eigenvalue weighted by atomic mass is 10.3. The van der Waals surface area contributed by atoms with Crippen molar-refractivity contribution in [3.8, 4) is 0 Å². The van der Waals surface area contributed by atoms with Crippen molar-refractivity contribution in [2.75, 3.05) is 12.4 Å². The molecule has 4 nitrogen and oxygen atoms in total. The topological polar surface area (TPSA) is 55.4 Å². The molecule has 1 aromatic carbocycles. The first kappa shape index (κ1) is 12.2. The normalized spacial score (nSPS) is 16.4. The molecule has 0 spiro atoms. The molecule has 17 heavy (non-hydrogen) atoms. The summed E-state index contributed by atoms with van der Waals surface area (Å²) in [6, 6.07) is 6.67. The Kier molecular flexibility index (Phi) is 3.56. The smallest absolute Gasteiger partial charge is 0.308 e. The van der Waals surface area contributed by atoms with Gasteiger partial charge in [0.2, 0.25) is 0 Å². The molecule has 6 heteroatoms. The van der Waals surface area contributed by atoms with Crippen LogP contribution in [0, 0.1) is 0 Å². The van der Waals surface area contributed by atoms with Gasteiger partial charge in [0, 0.05) is 7.05 Å². The van der Waals surface area contributed by atoms with Crippen molar-refractivity contribution in [1.29, 1.82) is 0 Å². The van der Waals surface area contributed by atoms with Gasteiger partial charge in [-0.25, -0.2) is 3.63 Å². The highest BCUT2D eigenvalue weighted by Gasteiger charge is 2.21. The van der Waals surface area contributed by atoms with Crippen LogP contribution in [0.1, 0.15) is 0 Å². The zero-order chi connectivity index (χ0) is 12.3. The second-order valence-electron chi connectivity index (χ2n) is 3.32. The van der Waals surface area contributed by atoms with Crippen molar-refractivity contribution in [3.63, 3.8) is 0 Å². The van der Waals surface area contributed by atoms with Crippen LogP contribution in [0.2, 0.25) is 0 Å². The maximum atomic E-state index is 12.1. The summed E-state index contributed by atoms with van der Waals surface area (Å²) >= 11 is -1.15. The second kappa shape index (κ2) is 4.95. The molecular weight excluding hydrogens is 258 g/mol. The average Bonchev–Trinajstić information content (AvgIpc) is 2.81. The minimum absolute atomic E-state index is 0.165. The van der Waals surface area contributed by atoms with Crippen molar-refractivity contribution < 1.29 is 12.0 Å². The molecule has 1 N–H and O–H groups in total. The summed E-state index contributed by atoms with van der Waals surface area (Å²) in [6.07, 6.45) is 3.57. The fourth-order valence-corrected chi connectivity index (χ4v) is 4.36. The van der Waals surface area contributed by atoms with Crippen LogP contribution in [0.15, 0.2) is 52.1 Å². The Morgan fingerprint density at radius 3 is 2.47 bits per heavy atom. The van der Waals surface area contributed by atoms with Crippen LogP contribution >= 0.6 is 11.2 Å². The van der Waals surface area contributed by atoms with Crippen LogP contribution in [-0.4, -0.2) is 15.5 Å². The number of para-hydroxylation sites is 1. The van der Waals surface area contributed by atoms with E-state index < -0.39 is 21.3 Å². The SMILES string of the molecule is CNc1ccccc1S(=O)(=O)O[SH]1C=CC=C1. The highest BCUT2D eigenvalue weighted by atomic mass is 32.3. The van der Waals surface area contributed by atoms with Crippen molar-refractivity contribution in [3.05, 3.63) is 47.2 Å². The summed E-state index contributed by atoms with van der Waals surface area (Å²) in [5, 5.41) is 6.33. The van der Waals surface area contributed by atoms with E-state index in [9.17, 15) is 8.42 Å². The molecule has 0 amide bonds. The van der Waals surface area contributed by atoms with Crippen LogP contribution in [-0.2, 0) is 13.7 Å². The van der Waals surface area contributed by atoms with Crippen molar-refractivity contribution in [2.45, 2.75) is 4.90 Å². The van der Waals surface area contributed by atoms with Crippen molar-refractivity contribution in [1.82, 2.24) is 0 Å². The zero-order valence-electron chi connectivity index (χ0n) is 9.20. The molecule has 1 aliphatic rings. The zero-order valence-corrected chi connectivity index (χ0v) is 10.9. The maximum absolute atomic E-state index is 12.1. The van der Waals surface area contributed by atoms with Gasteiger partial charge in [0.1, 0.15) is 4.90 Å². The van der Waals surface area contributed by atoms with E-state index in [1.54, 1.807) is 48.2 Å². The lowest BCUT2D eigenvalue weighted by molar-refractivity contribution is 0.518. The van der Waals surface area contributed by atoms with Gasteiger partial charge in [-0.05, 0) is 22.9 Å². The van der Waals surface area contributed by atoms with Gasteiger partial charge in [0.05, 0.1) is 5.69 Å². The number of rotatable bonds is 4. The first-order valence-corrected chi connectivity index (χ1v) is 7.79. The van der Waals surface area contributed by atoms with Crippen molar-refractivity contribution >= 4 is 27.0 Å². The van der Waals surface area contributed by atoms with Gasteiger partial charge in [0.25, 0.3) is 0 Å². The molecule has 0 saturated carbocycles. The van der Waals surface area contributed by atoms with E-state index in [0.717, 1.165) is 0 Å². The Hall–Kier alpha value is -1.24. The molecule has 0 aliphatic carbocycles. The Balaban J connectivity index is 2.31. The van der Waals surface area contributed by atoms with E-state index in [1.807, 2.05) is 0 Å². The Labute approximate surface area is 104 Å².